The fourth-order valence-electron chi connectivity index (χ4n) is 3.83. The van der Waals surface area contributed by atoms with Crippen molar-refractivity contribution >= 4 is 21.5 Å². The molecular formula is C27H20N2. The van der Waals surface area contributed by atoms with E-state index in [4.69, 9.17) is 0 Å². The van der Waals surface area contributed by atoms with Crippen molar-refractivity contribution in [2.45, 2.75) is 6.92 Å². The van der Waals surface area contributed by atoms with Gasteiger partial charge >= 0.3 is 0 Å². The minimum absolute atomic E-state index is 1.23. The van der Waals surface area contributed by atoms with Gasteiger partial charge < -0.3 is 0 Å². The van der Waals surface area contributed by atoms with Crippen LogP contribution in [0, 0.1) is 6.92 Å². The summed E-state index contributed by atoms with van der Waals surface area (Å²) in [6, 6.07) is 27.6. The molecule has 2 aromatic rings. The molecule has 0 amide bonds. The minimum Gasteiger partial charge on any atom is -0.264 e. The summed E-state index contributed by atoms with van der Waals surface area (Å²) in [5, 5.41) is 5.01. The van der Waals surface area contributed by atoms with Gasteiger partial charge in [-0.1, -0.05) is 60.2 Å². The zero-order valence-corrected chi connectivity index (χ0v) is 16.2. The van der Waals surface area contributed by atoms with E-state index in [-0.39, 0.29) is 0 Å². The molecule has 0 saturated carbocycles. The summed E-state index contributed by atoms with van der Waals surface area (Å²) in [5.41, 5.74) is 6.40. The lowest BCUT2D eigenvalue weighted by Gasteiger charge is -1.91. The van der Waals surface area contributed by atoms with E-state index in [9.17, 15) is 0 Å². The summed E-state index contributed by atoms with van der Waals surface area (Å²) in [7, 11) is 0. The monoisotopic (exact) mass is 372 g/mol. The summed E-state index contributed by atoms with van der Waals surface area (Å²) in [6.45, 7) is 2.11. The van der Waals surface area contributed by atoms with E-state index in [2.05, 4.69) is 89.7 Å². The van der Waals surface area contributed by atoms with Gasteiger partial charge in [-0.25, -0.2) is 0 Å². The number of nitrogens with zero attached hydrogens (tertiary/aromatic N) is 2. The Kier molecular flexibility index (Phi) is 4.38. The van der Waals surface area contributed by atoms with Gasteiger partial charge in [-0.05, 0) is 64.2 Å². The molecule has 0 fully saturated rings. The van der Waals surface area contributed by atoms with Crippen molar-refractivity contribution in [3.8, 4) is 22.3 Å². The van der Waals surface area contributed by atoms with E-state index in [1.807, 2.05) is 30.9 Å². The Hall–Kier alpha value is -3.78. The molecule has 2 nitrogen and oxygen atoms in total. The lowest BCUT2D eigenvalue weighted by Crippen LogP contribution is -1.69. The highest BCUT2D eigenvalue weighted by molar-refractivity contribution is 6.02. The first-order valence-electron chi connectivity index (χ1n) is 9.74. The molecule has 2 heterocycles. The number of pyridine rings is 2. The molecule has 2 heteroatoms. The summed E-state index contributed by atoms with van der Waals surface area (Å²) in [6.07, 6.45) is 7.54. The SMILES string of the molecule is Cc1ccc2cc3ccncc3c-2cc1.c1ccc2cc3ccncc3c-2cc1. The van der Waals surface area contributed by atoms with E-state index in [1.54, 1.807) is 0 Å². The quantitative estimate of drug-likeness (QED) is 0.287. The molecule has 6 rings (SSSR count). The van der Waals surface area contributed by atoms with Gasteiger partial charge in [0, 0.05) is 35.6 Å². The van der Waals surface area contributed by atoms with Crippen molar-refractivity contribution in [1.29, 1.82) is 0 Å². The third-order valence-electron chi connectivity index (χ3n) is 5.33. The molecular weight excluding hydrogens is 352 g/mol. The van der Waals surface area contributed by atoms with Gasteiger partial charge in [0.15, 0.2) is 0 Å². The van der Waals surface area contributed by atoms with Gasteiger partial charge in [-0.3, -0.25) is 9.97 Å². The standard InChI is InChI=1S/C14H11N.C13H9N/c1-10-2-4-11-8-12-6-7-15-9-14(12)13(11)5-3-10;1-2-4-10-8-11-6-7-14-9-13(11)12(10)5-3-1/h2-9H,1H3;1-9H. The van der Waals surface area contributed by atoms with Crippen LogP contribution in [0.25, 0.3) is 43.8 Å². The molecule has 4 aliphatic rings. The topological polar surface area (TPSA) is 25.8 Å². The first-order valence-corrected chi connectivity index (χ1v) is 9.74. The molecule has 2 aromatic heterocycles. The highest BCUT2D eigenvalue weighted by Crippen LogP contribution is 2.33. The van der Waals surface area contributed by atoms with Crippen LogP contribution in [0.3, 0.4) is 0 Å². The van der Waals surface area contributed by atoms with E-state index in [1.165, 1.54) is 49.4 Å². The second-order valence-electron chi connectivity index (χ2n) is 7.27. The van der Waals surface area contributed by atoms with Crippen LogP contribution in [0.4, 0.5) is 0 Å². The average molecular weight is 372 g/mol. The predicted octanol–water partition coefficient (Wildman–Crippen LogP) is 6.99. The van der Waals surface area contributed by atoms with Crippen LogP contribution in [0.5, 0.6) is 0 Å². The molecule has 0 aromatic carbocycles. The van der Waals surface area contributed by atoms with Gasteiger partial charge in [0.2, 0.25) is 0 Å². The van der Waals surface area contributed by atoms with Crippen LogP contribution in [0.1, 0.15) is 5.56 Å². The van der Waals surface area contributed by atoms with Gasteiger partial charge in [-0.2, -0.15) is 0 Å². The number of hydrogen-bond acceptors (Lipinski definition) is 2. The molecule has 138 valence electrons. The highest BCUT2D eigenvalue weighted by atomic mass is 14.6. The second kappa shape index (κ2) is 7.33. The maximum atomic E-state index is 4.18. The molecule has 4 aliphatic carbocycles. The summed E-state index contributed by atoms with van der Waals surface area (Å²) >= 11 is 0. The van der Waals surface area contributed by atoms with E-state index < -0.39 is 0 Å². The van der Waals surface area contributed by atoms with Crippen LogP contribution in [-0.4, -0.2) is 9.97 Å². The van der Waals surface area contributed by atoms with Crippen molar-refractivity contribution in [2.75, 3.05) is 0 Å². The van der Waals surface area contributed by atoms with E-state index in [0.29, 0.717) is 0 Å². The van der Waals surface area contributed by atoms with Crippen molar-refractivity contribution < 1.29 is 0 Å². The molecule has 0 N–H and O–H groups in total. The molecule has 29 heavy (non-hydrogen) atoms. The first-order chi connectivity index (χ1) is 14.3. The Morgan fingerprint density at radius 1 is 0.552 bits per heavy atom. The first kappa shape index (κ1) is 17.3. The predicted molar refractivity (Wildman–Crippen MR) is 121 cm³/mol. The van der Waals surface area contributed by atoms with Crippen molar-refractivity contribution in [1.82, 2.24) is 9.97 Å². The van der Waals surface area contributed by atoms with Crippen molar-refractivity contribution in [2.24, 2.45) is 0 Å². The van der Waals surface area contributed by atoms with Crippen LogP contribution in [-0.2, 0) is 0 Å². The Morgan fingerprint density at radius 3 is 1.86 bits per heavy atom. The molecule has 0 radical (unpaired) electrons. The lowest BCUT2D eigenvalue weighted by molar-refractivity contribution is 1.37. The van der Waals surface area contributed by atoms with Crippen molar-refractivity contribution in [3.05, 3.63) is 109 Å². The summed E-state index contributed by atoms with van der Waals surface area (Å²) in [4.78, 5) is 8.33. The van der Waals surface area contributed by atoms with Gasteiger partial charge in [0.05, 0.1) is 0 Å². The van der Waals surface area contributed by atoms with Gasteiger partial charge in [-0.15, -0.1) is 0 Å². The third-order valence-corrected chi connectivity index (χ3v) is 5.33. The Morgan fingerprint density at radius 2 is 1.14 bits per heavy atom. The van der Waals surface area contributed by atoms with Crippen molar-refractivity contribution in [3.63, 3.8) is 0 Å². The van der Waals surface area contributed by atoms with Gasteiger partial charge in [0.25, 0.3) is 0 Å². The average Bonchev–Trinajstić information content (AvgIpc) is 3.11. The number of fused-ring (bicyclic) bond motifs is 6. The normalized spacial score (nSPS) is 10.9. The Balaban J connectivity index is 0.000000125. The molecule has 0 atom stereocenters. The molecule has 0 spiro atoms. The van der Waals surface area contributed by atoms with Crippen LogP contribution >= 0.6 is 0 Å². The fraction of sp³-hybridized carbons (Fsp3) is 0.0370. The largest absolute Gasteiger partial charge is 0.264 e. The number of rotatable bonds is 0. The summed E-state index contributed by atoms with van der Waals surface area (Å²) in [5.74, 6) is 0. The Bertz CT molecular complexity index is 1370. The smallest absolute Gasteiger partial charge is 0.0352 e. The zero-order valence-electron chi connectivity index (χ0n) is 16.2. The minimum atomic E-state index is 1.23. The molecule has 0 saturated heterocycles. The van der Waals surface area contributed by atoms with Gasteiger partial charge in [0.1, 0.15) is 0 Å². The van der Waals surface area contributed by atoms with Crippen LogP contribution in [0.15, 0.2) is 104 Å². The number of aromatic nitrogens is 2. The van der Waals surface area contributed by atoms with Crippen LogP contribution < -0.4 is 0 Å². The number of hydrogen-bond donors (Lipinski definition) is 0. The van der Waals surface area contributed by atoms with E-state index in [0.717, 1.165) is 0 Å². The highest BCUT2D eigenvalue weighted by Gasteiger charge is 2.08. The third kappa shape index (κ3) is 3.30. The molecule has 0 unspecified atom stereocenters. The zero-order chi connectivity index (χ0) is 19.6. The fourth-order valence-corrected chi connectivity index (χ4v) is 3.83. The second-order valence-corrected chi connectivity index (χ2v) is 7.27. The van der Waals surface area contributed by atoms with E-state index >= 15 is 0 Å². The molecule has 0 bridgehead atoms. The number of aryl methyl sites for hydroxylation is 1. The maximum absolute atomic E-state index is 4.18. The summed E-state index contributed by atoms with van der Waals surface area (Å²) < 4.78 is 0. The van der Waals surface area contributed by atoms with Crippen LogP contribution in [0.2, 0.25) is 0 Å². The lowest BCUT2D eigenvalue weighted by atomic mass is 10.1. The Labute approximate surface area is 170 Å². The maximum Gasteiger partial charge on any atom is 0.0352 e. The molecule has 0 aliphatic heterocycles.